The molecular weight excluding hydrogens is 671 g/mol. The van der Waals surface area contributed by atoms with Crippen LogP contribution in [-0.4, -0.2) is 0 Å². The van der Waals surface area contributed by atoms with E-state index < -0.39 is 0 Å². The van der Waals surface area contributed by atoms with Gasteiger partial charge in [-0.2, -0.15) is 0 Å². The second-order valence-electron chi connectivity index (χ2n) is 14.1. The highest BCUT2D eigenvalue weighted by atomic mass is 32.1. The summed E-state index contributed by atoms with van der Waals surface area (Å²) in [5, 5.41) is 12.8. The SMILES string of the molecule is c1ccc(-c2ccc(N(c3ccc(-c4cc5ccc6ccccc6c5c5ccccc45)cc3)c3cccc4c3sc3cc5ccccc5cc34)cc2)cc1. The number of nitrogens with zero attached hydrogens (tertiary/aromatic N) is 1. The third kappa shape index (κ3) is 4.99. The summed E-state index contributed by atoms with van der Waals surface area (Å²) >= 11 is 1.88. The van der Waals surface area contributed by atoms with Crippen molar-refractivity contribution in [3.05, 3.63) is 200 Å². The number of rotatable bonds is 5. The Kier molecular flexibility index (Phi) is 7.11. The van der Waals surface area contributed by atoms with Gasteiger partial charge < -0.3 is 4.90 Å². The van der Waals surface area contributed by atoms with Crippen molar-refractivity contribution in [2.75, 3.05) is 4.90 Å². The first-order valence-electron chi connectivity index (χ1n) is 18.5. The fourth-order valence-corrected chi connectivity index (χ4v) is 9.65. The fourth-order valence-electron chi connectivity index (χ4n) is 8.41. The first kappa shape index (κ1) is 30.8. The number of benzene rings is 10. The van der Waals surface area contributed by atoms with Gasteiger partial charge in [0, 0.05) is 26.8 Å². The second kappa shape index (κ2) is 12.4. The fraction of sp³-hybridized carbons (Fsp3) is 0. The van der Waals surface area contributed by atoms with Gasteiger partial charge in [-0.3, -0.25) is 0 Å². The van der Waals surface area contributed by atoms with Crippen LogP contribution >= 0.6 is 11.3 Å². The summed E-state index contributed by atoms with van der Waals surface area (Å²) < 4.78 is 2.59. The molecule has 0 saturated heterocycles. The van der Waals surface area contributed by atoms with E-state index in [0.29, 0.717) is 0 Å². The number of fused-ring (bicyclic) bond motifs is 9. The van der Waals surface area contributed by atoms with Gasteiger partial charge in [-0.15, -0.1) is 11.3 Å². The van der Waals surface area contributed by atoms with E-state index in [1.54, 1.807) is 0 Å². The molecule has 2 heteroatoms. The summed E-state index contributed by atoms with van der Waals surface area (Å²) in [4.78, 5) is 2.43. The average molecular weight is 704 g/mol. The highest BCUT2D eigenvalue weighted by molar-refractivity contribution is 7.26. The van der Waals surface area contributed by atoms with Gasteiger partial charge in [0.05, 0.1) is 10.4 Å². The van der Waals surface area contributed by atoms with Crippen molar-refractivity contribution < 1.29 is 0 Å². The van der Waals surface area contributed by atoms with E-state index in [0.717, 1.165) is 11.4 Å². The minimum atomic E-state index is 1.12. The van der Waals surface area contributed by atoms with Crippen molar-refractivity contribution in [1.29, 1.82) is 0 Å². The Morgan fingerprint density at radius 1 is 0.333 bits per heavy atom. The molecule has 54 heavy (non-hydrogen) atoms. The lowest BCUT2D eigenvalue weighted by atomic mass is 9.90. The molecule has 0 atom stereocenters. The first-order valence-corrected chi connectivity index (χ1v) is 19.3. The van der Waals surface area contributed by atoms with Crippen LogP contribution in [0, 0.1) is 0 Å². The Morgan fingerprint density at radius 3 is 1.67 bits per heavy atom. The molecule has 0 N–H and O–H groups in total. The van der Waals surface area contributed by atoms with E-state index in [4.69, 9.17) is 0 Å². The van der Waals surface area contributed by atoms with Gasteiger partial charge in [-0.25, -0.2) is 0 Å². The molecule has 1 aromatic heterocycles. The number of hydrogen-bond donors (Lipinski definition) is 0. The molecular formula is C52H33NS. The van der Waals surface area contributed by atoms with Crippen LogP contribution in [0.25, 0.3) is 85.5 Å². The van der Waals surface area contributed by atoms with Gasteiger partial charge in [0.25, 0.3) is 0 Å². The monoisotopic (exact) mass is 703 g/mol. The van der Waals surface area contributed by atoms with Crippen molar-refractivity contribution in [3.63, 3.8) is 0 Å². The van der Waals surface area contributed by atoms with Crippen molar-refractivity contribution >= 4 is 91.7 Å². The van der Waals surface area contributed by atoms with Gasteiger partial charge in [0.1, 0.15) is 0 Å². The molecule has 0 aliphatic rings. The van der Waals surface area contributed by atoms with E-state index >= 15 is 0 Å². The topological polar surface area (TPSA) is 3.24 Å². The summed E-state index contributed by atoms with van der Waals surface area (Å²) in [5.74, 6) is 0. The molecule has 11 aromatic rings. The van der Waals surface area contributed by atoms with Gasteiger partial charge in [-0.1, -0.05) is 152 Å². The maximum absolute atomic E-state index is 2.43. The maximum atomic E-state index is 2.43. The van der Waals surface area contributed by atoms with Crippen LogP contribution < -0.4 is 4.90 Å². The van der Waals surface area contributed by atoms with E-state index in [9.17, 15) is 0 Å². The Morgan fingerprint density at radius 2 is 0.907 bits per heavy atom. The van der Waals surface area contributed by atoms with Crippen LogP contribution in [0.4, 0.5) is 17.1 Å². The molecule has 252 valence electrons. The third-order valence-electron chi connectivity index (χ3n) is 11.0. The van der Waals surface area contributed by atoms with Crippen LogP contribution in [0.15, 0.2) is 200 Å². The molecule has 1 nitrogen and oxygen atoms in total. The standard InChI is InChI=1S/C52H33NS/c1-2-11-34(12-3-1)35-23-27-41(28-24-35)53(49-20-10-19-46-48-31-38-14-4-5-15-39(38)33-50(48)54-52(46)49)42-29-25-37(26-30-42)47-32-40-22-21-36-13-6-7-16-43(36)51(40)45-18-9-8-17-44(45)47/h1-33H. The highest BCUT2D eigenvalue weighted by Crippen LogP contribution is 2.46. The molecule has 0 bridgehead atoms. The summed E-state index contributed by atoms with van der Waals surface area (Å²) in [7, 11) is 0. The van der Waals surface area contributed by atoms with Crippen molar-refractivity contribution in [2.45, 2.75) is 0 Å². The molecule has 0 spiro atoms. The van der Waals surface area contributed by atoms with E-state index in [-0.39, 0.29) is 0 Å². The van der Waals surface area contributed by atoms with E-state index in [1.807, 2.05) is 11.3 Å². The maximum Gasteiger partial charge on any atom is 0.0640 e. The lowest BCUT2D eigenvalue weighted by Crippen LogP contribution is -2.10. The average Bonchev–Trinajstić information content (AvgIpc) is 3.61. The molecule has 0 radical (unpaired) electrons. The van der Waals surface area contributed by atoms with Crippen molar-refractivity contribution in [3.8, 4) is 22.3 Å². The predicted octanol–water partition coefficient (Wildman–Crippen LogP) is 15.5. The smallest absolute Gasteiger partial charge is 0.0640 e. The Labute approximate surface area is 317 Å². The zero-order valence-electron chi connectivity index (χ0n) is 29.4. The quantitative estimate of drug-likeness (QED) is 0.161. The largest absolute Gasteiger partial charge is 0.309 e. The van der Waals surface area contributed by atoms with E-state index in [2.05, 4.69) is 205 Å². The Hall–Kier alpha value is -6.74. The minimum Gasteiger partial charge on any atom is -0.309 e. The zero-order chi connectivity index (χ0) is 35.6. The van der Waals surface area contributed by atoms with Gasteiger partial charge in [0.2, 0.25) is 0 Å². The van der Waals surface area contributed by atoms with Gasteiger partial charge in [-0.05, 0) is 114 Å². The lowest BCUT2D eigenvalue weighted by molar-refractivity contribution is 1.30. The molecule has 0 amide bonds. The number of anilines is 3. The van der Waals surface area contributed by atoms with Crippen molar-refractivity contribution in [2.24, 2.45) is 0 Å². The summed E-state index contributed by atoms with van der Waals surface area (Å²) in [6.45, 7) is 0. The van der Waals surface area contributed by atoms with Gasteiger partial charge in [0.15, 0.2) is 0 Å². The predicted molar refractivity (Wildman–Crippen MR) is 235 cm³/mol. The molecule has 0 aliphatic heterocycles. The minimum absolute atomic E-state index is 1.12. The van der Waals surface area contributed by atoms with Crippen LogP contribution in [-0.2, 0) is 0 Å². The number of hydrogen-bond acceptors (Lipinski definition) is 2. The zero-order valence-corrected chi connectivity index (χ0v) is 30.2. The van der Waals surface area contributed by atoms with E-state index in [1.165, 1.54) is 91.2 Å². The summed E-state index contributed by atoms with van der Waals surface area (Å²) in [6.07, 6.45) is 0. The molecule has 0 unspecified atom stereocenters. The van der Waals surface area contributed by atoms with Gasteiger partial charge >= 0.3 is 0 Å². The molecule has 0 aliphatic carbocycles. The normalized spacial score (nSPS) is 11.7. The molecule has 0 fully saturated rings. The Bertz CT molecular complexity index is 3190. The molecule has 1 heterocycles. The molecule has 10 aromatic carbocycles. The lowest BCUT2D eigenvalue weighted by Gasteiger charge is -2.26. The van der Waals surface area contributed by atoms with Crippen LogP contribution in [0.2, 0.25) is 0 Å². The third-order valence-corrected chi connectivity index (χ3v) is 12.2. The second-order valence-corrected chi connectivity index (χ2v) is 15.2. The molecule has 11 rings (SSSR count). The summed E-state index contributed by atoms with van der Waals surface area (Å²) in [5.41, 5.74) is 8.30. The molecule has 0 saturated carbocycles. The number of thiophene rings is 1. The van der Waals surface area contributed by atoms with Crippen molar-refractivity contribution in [1.82, 2.24) is 0 Å². The van der Waals surface area contributed by atoms with Crippen LogP contribution in [0.3, 0.4) is 0 Å². The first-order chi connectivity index (χ1) is 26.8. The Balaban J connectivity index is 1.08. The van der Waals surface area contributed by atoms with Crippen LogP contribution in [0.5, 0.6) is 0 Å². The highest BCUT2D eigenvalue weighted by Gasteiger charge is 2.19. The summed E-state index contributed by atoms with van der Waals surface area (Å²) in [6, 6.07) is 73.4. The van der Waals surface area contributed by atoms with Crippen LogP contribution in [0.1, 0.15) is 0 Å².